The lowest BCUT2D eigenvalue weighted by molar-refractivity contribution is 1.09. The average molecular weight is 264 g/mol. The van der Waals surface area contributed by atoms with Gasteiger partial charge in [-0.05, 0) is 23.8 Å². The molecule has 0 bridgehead atoms. The standard InChI is InChI=1S/C16H12N2S/c1-2-7-13-12(5-1)6-4-10-18(13)14-8-3-9-15-16(14)17-11-19-15/h1-9,11H,10H2. The molecule has 0 fully saturated rings. The molecule has 0 saturated carbocycles. The van der Waals surface area contributed by atoms with Crippen LogP contribution in [0.1, 0.15) is 5.56 Å². The van der Waals surface area contributed by atoms with Gasteiger partial charge < -0.3 is 4.90 Å². The summed E-state index contributed by atoms with van der Waals surface area (Å²) in [7, 11) is 0. The molecule has 2 heterocycles. The highest BCUT2D eigenvalue weighted by Crippen LogP contribution is 2.36. The first-order chi connectivity index (χ1) is 9.43. The number of thiazole rings is 1. The summed E-state index contributed by atoms with van der Waals surface area (Å²) in [6.45, 7) is 0.896. The van der Waals surface area contributed by atoms with Crippen LogP contribution in [0.5, 0.6) is 0 Å². The number of hydrogen-bond acceptors (Lipinski definition) is 3. The molecule has 0 N–H and O–H groups in total. The van der Waals surface area contributed by atoms with Crippen LogP contribution in [0.15, 0.2) is 54.1 Å². The van der Waals surface area contributed by atoms with E-state index in [9.17, 15) is 0 Å². The molecule has 92 valence electrons. The van der Waals surface area contributed by atoms with E-state index < -0.39 is 0 Å². The van der Waals surface area contributed by atoms with Gasteiger partial charge in [-0.25, -0.2) is 4.98 Å². The van der Waals surface area contributed by atoms with Crippen molar-refractivity contribution in [2.45, 2.75) is 0 Å². The second-order valence-corrected chi connectivity index (χ2v) is 5.43. The summed E-state index contributed by atoms with van der Waals surface area (Å²) in [5, 5.41) is 0. The predicted molar refractivity (Wildman–Crippen MR) is 82.1 cm³/mol. The van der Waals surface area contributed by atoms with Crippen molar-refractivity contribution in [2.75, 3.05) is 11.4 Å². The summed E-state index contributed by atoms with van der Waals surface area (Å²) in [6, 6.07) is 14.9. The number of benzene rings is 2. The molecule has 2 nitrogen and oxygen atoms in total. The van der Waals surface area contributed by atoms with E-state index in [1.807, 2.05) is 5.51 Å². The van der Waals surface area contributed by atoms with E-state index in [4.69, 9.17) is 0 Å². The highest BCUT2D eigenvalue weighted by Gasteiger charge is 2.17. The molecule has 0 spiro atoms. The molecular weight excluding hydrogens is 252 g/mol. The Kier molecular flexibility index (Phi) is 2.38. The van der Waals surface area contributed by atoms with Gasteiger partial charge >= 0.3 is 0 Å². The lowest BCUT2D eigenvalue weighted by atomic mass is 10.1. The lowest BCUT2D eigenvalue weighted by Crippen LogP contribution is -2.20. The van der Waals surface area contributed by atoms with Crippen molar-refractivity contribution in [3.05, 3.63) is 59.6 Å². The summed E-state index contributed by atoms with van der Waals surface area (Å²) < 4.78 is 1.24. The maximum absolute atomic E-state index is 4.52. The second kappa shape index (κ2) is 4.21. The van der Waals surface area contributed by atoms with Crippen LogP contribution >= 0.6 is 11.3 Å². The van der Waals surface area contributed by atoms with Gasteiger partial charge in [-0.2, -0.15) is 0 Å². The van der Waals surface area contributed by atoms with Gasteiger partial charge in [-0.3, -0.25) is 0 Å². The van der Waals surface area contributed by atoms with E-state index in [1.165, 1.54) is 21.6 Å². The van der Waals surface area contributed by atoms with Crippen LogP contribution in [0.2, 0.25) is 0 Å². The van der Waals surface area contributed by atoms with Crippen molar-refractivity contribution < 1.29 is 0 Å². The molecule has 0 atom stereocenters. The average Bonchev–Trinajstić information content (AvgIpc) is 2.95. The SMILES string of the molecule is C1=Cc2ccccc2N(c2cccc3scnc23)C1. The summed E-state index contributed by atoms with van der Waals surface area (Å²) >= 11 is 1.69. The molecule has 3 heteroatoms. The van der Waals surface area contributed by atoms with Gasteiger partial charge in [-0.1, -0.05) is 36.4 Å². The second-order valence-electron chi connectivity index (χ2n) is 4.55. The number of nitrogens with zero attached hydrogens (tertiary/aromatic N) is 2. The number of anilines is 2. The number of fused-ring (bicyclic) bond motifs is 2. The highest BCUT2D eigenvalue weighted by molar-refractivity contribution is 7.16. The topological polar surface area (TPSA) is 16.1 Å². The summed E-state index contributed by atoms with van der Waals surface area (Å²) in [6.07, 6.45) is 4.39. The van der Waals surface area contributed by atoms with Crippen LogP contribution in [0.25, 0.3) is 16.3 Å². The monoisotopic (exact) mass is 264 g/mol. The Bertz CT molecular complexity index is 773. The summed E-state index contributed by atoms with van der Waals surface area (Å²) in [4.78, 5) is 6.85. The molecule has 2 aromatic carbocycles. The third-order valence-electron chi connectivity index (χ3n) is 3.44. The van der Waals surface area contributed by atoms with Crippen LogP contribution in [0.4, 0.5) is 11.4 Å². The Morgan fingerprint density at radius 3 is 2.89 bits per heavy atom. The van der Waals surface area contributed by atoms with E-state index >= 15 is 0 Å². The van der Waals surface area contributed by atoms with Gasteiger partial charge in [0.1, 0.15) is 5.52 Å². The fraction of sp³-hybridized carbons (Fsp3) is 0.0625. The van der Waals surface area contributed by atoms with E-state index in [-0.39, 0.29) is 0 Å². The Morgan fingerprint density at radius 1 is 1.00 bits per heavy atom. The third kappa shape index (κ3) is 1.66. The normalized spacial score (nSPS) is 13.8. The van der Waals surface area contributed by atoms with Gasteiger partial charge in [0.05, 0.1) is 15.9 Å². The number of hydrogen-bond donors (Lipinski definition) is 0. The van der Waals surface area contributed by atoms with Crippen molar-refractivity contribution in [2.24, 2.45) is 0 Å². The first-order valence-electron chi connectivity index (χ1n) is 6.29. The maximum Gasteiger partial charge on any atom is 0.105 e. The van der Waals surface area contributed by atoms with Gasteiger partial charge in [0.15, 0.2) is 0 Å². The van der Waals surface area contributed by atoms with Crippen LogP contribution in [-0.2, 0) is 0 Å². The largest absolute Gasteiger partial charge is 0.335 e. The van der Waals surface area contributed by atoms with Crippen LogP contribution < -0.4 is 4.90 Å². The van der Waals surface area contributed by atoms with Crippen molar-refractivity contribution in [3.63, 3.8) is 0 Å². The Morgan fingerprint density at radius 2 is 1.89 bits per heavy atom. The first-order valence-corrected chi connectivity index (χ1v) is 7.17. The minimum Gasteiger partial charge on any atom is -0.335 e. The molecule has 1 aliphatic rings. The van der Waals surface area contributed by atoms with Crippen LogP contribution in [-0.4, -0.2) is 11.5 Å². The molecule has 1 aromatic heterocycles. The summed E-state index contributed by atoms with van der Waals surface area (Å²) in [5.74, 6) is 0. The van der Waals surface area contributed by atoms with E-state index in [2.05, 4.69) is 64.5 Å². The van der Waals surface area contributed by atoms with E-state index in [0.29, 0.717) is 0 Å². The van der Waals surface area contributed by atoms with Gasteiger partial charge in [0.2, 0.25) is 0 Å². The maximum atomic E-state index is 4.52. The molecule has 4 rings (SSSR count). The zero-order valence-corrected chi connectivity index (χ0v) is 11.1. The Balaban J connectivity index is 1.94. The Hall–Kier alpha value is -2.13. The van der Waals surface area contributed by atoms with Gasteiger partial charge in [0.25, 0.3) is 0 Å². The molecule has 19 heavy (non-hydrogen) atoms. The molecule has 0 aliphatic carbocycles. The molecule has 0 unspecified atom stereocenters. The van der Waals surface area contributed by atoms with Crippen molar-refractivity contribution in [1.82, 2.24) is 4.98 Å². The minimum atomic E-state index is 0.896. The number of para-hydroxylation sites is 2. The fourth-order valence-electron chi connectivity index (χ4n) is 2.58. The molecule has 0 radical (unpaired) electrons. The smallest absolute Gasteiger partial charge is 0.105 e. The predicted octanol–water partition coefficient (Wildman–Crippen LogP) is 4.46. The third-order valence-corrected chi connectivity index (χ3v) is 4.24. The quantitative estimate of drug-likeness (QED) is 0.645. The molecule has 0 saturated heterocycles. The molecule has 0 amide bonds. The number of aromatic nitrogens is 1. The molecule has 3 aromatic rings. The molecule has 1 aliphatic heterocycles. The molecular formula is C16H12N2S. The number of rotatable bonds is 1. The van der Waals surface area contributed by atoms with Crippen molar-refractivity contribution in [3.8, 4) is 0 Å². The van der Waals surface area contributed by atoms with Gasteiger partial charge in [0, 0.05) is 12.2 Å². The lowest BCUT2D eigenvalue weighted by Gasteiger charge is -2.28. The fourth-order valence-corrected chi connectivity index (χ4v) is 3.27. The highest BCUT2D eigenvalue weighted by atomic mass is 32.1. The van der Waals surface area contributed by atoms with Crippen LogP contribution in [0, 0.1) is 0 Å². The van der Waals surface area contributed by atoms with Crippen LogP contribution in [0.3, 0.4) is 0 Å². The van der Waals surface area contributed by atoms with Crippen molar-refractivity contribution in [1.29, 1.82) is 0 Å². The van der Waals surface area contributed by atoms with Gasteiger partial charge in [-0.15, -0.1) is 11.3 Å². The summed E-state index contributed by atoms with van der Waals surface area (Å²) in [5.41, 5.74) is 6.72. The van der Waals surface area contributed by atoms with E-state index in [0.717, 1.165) is 12.1 Å². The zero-order valence-electron chi connectivity index (χ0n) is 10.3. The first kappa shape index (κ1) is 10.8. The zero-order chi connectivity index (χ0) is 12.7. The van der Waals surface area contributed by atoms with E-state index in [1.54, 1.807) is 11.3 Å². The minimum absolute atomic E-state index is 0.896. The van der Waals surface area contributed by atoms with Crippen molar-refractivity contribution >= 4 is 39.0 Å². The Labute approximate surface area is 115 Å².